The summed E-state index contributed by atoms with van der Waals surface area (Å²) in [5, 5.41) is 0. The number of aryl methyl sites for hydroxylation is 2. The molecule has 0 aliphatic rings. The molecular formula is C15H16N2O4S. The zero-order chi connectivity index (χ0) is 16.3. The lowest BCUT2D eigenvalue weighted by Gasteiger charge is -2.09. The Kier molecular flexibility index (Phi) is 4.46. The van der Waals surface area contributed by atoms with Crippen molar-refractivity contribution >= 4 is 21.8 Å². The van der Waals surface area contributed by atoms with E-state index >= 15 is 0 Å². The van der Waals surface area contributed by atoms with Gasteiger partial charge in [-0.05, 0) is 49.2 Å². The van der Waals surface area contributed by atoms with Crippen molar-refractivity contribution in [3.8, 4) is 0 Å². The van der Waals surface area contributed by atoms with E-state index in [4.69, 9.17) is 0 Å². The Morgan fingerprint density at radius 1 is 1.14 bits per heavy atom. The third-order valence-corrected chi connectivity index (χ3v) is 4.56. The number of carbonyl (C=O) groups excluding carboxylic acids is 1. The first-order valence-corrected chi connectivity index (χ1v) is 7.96. The molecule has 0 saturated heterocycles. The van der Waals surface area contributed by atoms with Gasteiger partial charge >= 0.3 is 5.97 Å². The molecule has 1 N–H and O–H groups in total. The highest BCUT2D eigenvalue weighted by Crippen LogP contribution is 2.18. The van der Waals surface area contributed by atoms with Crippen LogP contribution in [0.5, 0.6) is 0 Å². The monoisotopic (exact) mass is 320 g/mol. The van der Waals surface area contributed by atoms with E-state index in [0.717, 1.165) is 11.1 Å². The number of hydrogen-bond donors (Lipinski definition) is 1. The molecule has 0 aliphatic heterocycles. The maximum Gasteiger partial charge on any atom is 0.338 e. The van der Waals surface area contributed by atoms with Crippen LogP contribution in [0.15, 0.2) is 41.4 Å². The lowest BCUT2D eigenvalue weighted by molar-refractivity contribution is 0.0600. The van der Waals surface area contributed by atoms with Gasteiger partial charge in [0.15, 0.2) is 0 Å². The fourth-order valence-electron chi connectivity index (χ4n) is 1.81. The maximum absolute atomic E-state index is 12.3. The van der Waals surface area contributed by atoms with Crippen molar-refractivity contribution in [3.63, 3.8) is 0 Å². The van der Waals surface area contributed by atoms with Crippen LogP contribution >= 0.6 is 0 Å². The largest absolute Gasteiger partial charge is 0.465 e. The van der Waals surface area contributed by atoms with Crippen molar-refractivity contribution in [1.29, 1.82) is 0 Å². The van der Waals surface area contributed by atoms with Crippen molar-refractivity contribution in [2.75, 3.05) is 11.8 Å². The lowest BCUT2D eigenvalue weighted by Crippen LogP contribution is -2.15. The van der Waals surface area contributed by atoms with Crippen molar-refractivity contribution in [1.82, 2.24) is 4.98 Å². The van der Waals surface area contributed by atoms with Crippen LogP contribution in [0.1, 0.15) is 21.5 Å². The van der Waals surface area contributed by atoms with Crippen molar-refractivity contribution in [2.45, 2.75) is 18.7 Å². The molecule has 0 aliphatic carbocycles. The number of nitrogens with one attached hydrogen (secondary N) is 1. The summed E-state index contributed by atoms with van der Waals surface area (Å²) in [4.78, 5) is 15.5. The van der Waals surface area contributed by atoms with Crippen LogP contribution in [0.4, 0.5) is 5.82 Å². The van der Waals surface area contributed by atoms with Crippen molar-refractivity contribution in [3.05, 3.63) is 53.2 Å². The van der Waals surface area contributed by atoms with Crippen LogP contribution in [0.2, 0.25) is 0 Å². The van der Waals surface area contributed by atoms with E-state index in [2.05, 4.69) is 14.4 Å². The van der Waals surface area contributed by atoms with Gasteiger partial charge < -0.3 is 4.74 Å². The number of anilines is 1. The Morgan fingerprint density at radius 2 is 1.86 bits per heavy atom. The van der Waals surface area contributed by atoms with Crippen LogP contribution in [0, 0.1) is 13.8 Å². The summed E-state index contributed by atoms with van der Waals surface area (Å²) in [7, 11) is -2.51. The summed E-state index contributed by atoms with van der Waals surface area (Å²) in [6.45, 7) is 3.74. The first-order chi connectivity index (χ1) is 10.3. The Hall–Kier alpha value is -2.41. The second kappa shape index (κ2) is 6.15. The fourth-order valence-corrected chi connectivity index (χ4v) is 2.89. The molecule has 0 saturated carbocycles. The maximum atomic E-state index is 12.3. The molecule has 6 nitrogen and oxygen atoms in total. The predicted octanol–water partition coefficient (Wildman–Crippen LogP) is 2.29. The van der Waals surface area contributed by atoms with Crippen LogP contribution in [0.25, 0.3) is 0 Å². The van der Waals surface area contributed by atoms with Gasteiger partial charge in [0, 0.05) is 6.20 Å². The van der Waals surface area contributed by atoms with Crippen LogP contribution in [-0.2, 0) is 14.8 Å². The van der Waals surface area contributed by atoms with E-state index in [1.807, 2.05) is 13.8 Å². The normalized spacial score (nSPS) is 11.0. The zero-order valence-electron chi connectivity index (χ0n) is 12.5. The highest BCUT2D eigenvalue weighted by Gasteiger charge is 2.16. The molecule has 0 radical (unpaired) electrons. The quantitative estimate of drug-likeness (QED) is 0.874. The molecule has 2 rings (SSSR count). The summed E-state index contributed by atoms with van der Waals surface area (Å²) in [5.74, 6) is -0.504. The average molecular weight is 320 g/mol. The first kappa shape index (κ1) is 16.0. The van der Waals surface area contributed by atoms with Gasteiger partial charge in [-0.3, -0.25) is 4.72 Å². The van der Waals surface area contributed by atoms with Gasteiger partial charge in [0.25, 0.3) is 10.0 Å². The topological polar surface area (TPSA) is 85.4 Å². The van der Waals surface area contributed by atoms with Gasteiger partial charge in [0.1, 0.15) is 5.82 Å². The first-order valence-electron chi connectivity index (χ1n) is 6.48. The van der Waals surface area contributed by atoms with E-state index < -0.39 is 16.0 Å². The minimum Gasteiger partial charge on any atom is -0.465 e. The second-order valence-electron chi connectivity index (χ2n) is 4.77. The highest BCUT2D eigenvalue weighted by molar-refractivity contribution is 7.92. The van der Waals surface area contributed by atoms with Crippen molar-refractivity contribution < 1.29 is 17.9 Å². The number of carbonyl (C=O) groups is 1. The molecule has 1 aromatic heterocycles. The summed E-state index contributed by atoms with van der Waals surface area (Å²) in [6, 6.07) is 7.61. The molecule has 0 bridgehead atoms. The highest BCUT2D eigenvalue weighted by atomic mass is 32.2. The predicted molar refractivity (Wildman–Crippen MR) is 82.3 cm³/mol. The number of ether oxygens (including phenoxy) is 1. The molecule has 0 amide bonds. The second-order valence-corrected chi connectivity index (χ2v) is 6.46. The number of nitrogens with zero attached hydrogens (tertiary/aromatic N) is 1. The molecule has 0 atom stereocenters. The molecule has 1 heterocycles. The summed E-state index contributed by atoms with van der Waals surface area (Å²) in [6.07, 6.45) is 1.34. The van der Waals surface area contributed by atoms with E-state index in [1.54, 1.807) is 12.1 Å². The van der Waals surface area contributed by atoms with Crippen molar-refractivity contribution in [2.24, 2.45) is 0 Å². The number of sulfonamides is 1. The van der Waals surface area contributed by atoms with Gasteiger partial charge in [-0.2, -0.15) is 0 Å². The Morgan fingerprint density at radius 3 is 2.50 bits per heavy atom. The number of esters is 1. The van der Waals surface area contributed by atoms with E-state index in [0.29, 0.717) is 0 Å². The molecule has 7 heteroatoms. The molecule has 0 fully saturated rings. The Bertz CT molecular complexity index is 816. The van der Waals surface area contributed by atoms with Gasteiger partial charge in [-0.15, -0.1) is 0 Å². The number of pyridine rings is 1. The molecule has 2 aromatic rings. The Labute approximate surface area is 129 Å². The van der Waals surface area contributed by atoms with E-state index in [1.165, 1.54) is 31.5 Å². The molecule has 0 spiro atoms. The standard InChI is InChI=1S/C15H16N2O4S/c1-10-4-5-13(8-11(10)2)22(19,20)17-14-9-12(6-7-16-14)15(18)21-3/h4-9H,1-3H3,(H,16,17). The molecule has 1 aromatic carbocycles. The molecule has 0 unspecified atom stereocenters. The molecule has 22 heavy (non-hydrogen) atoms. The number of hydrogen-bond acceptors (Lipinski definition) is 5. The zero-order valence-corrected chi connectivity index (χ0v) is 13.3. The average Bonchev–Trinajstić information content (AvgIpc) is 2.49. The SMILES string of the molecule is COC(=O)c1ccnc(NS(=O)(=O)c2ccc(C)c(C)c2)c1. The third kappa shape index (κ3) is 3.43. The Balaban J connectivity index is 2.32. The van der Waals surface area contributed by atoms with E-state index in [9.17, 15) is 13.2 Å². The summed E-state index contributed by atoms with van der Waals surface area (Å²) < 4.78 is 31.6. The van der Waals surface area contributed by atoms with Gasteiger partial charge in [-0.25, -0.2) is 18.2 Å². The van der Waals surface area contributed by atoms with Crippen LogP contribution in [-0.4, -0.2) is 26.5 Å². The molecular weight excluding hydrogens is 304 g/mol. The smallest absolute Gasteiger partial charge is 0.338 e. The number of methoxy groups -OCH3 is 1. The summed E-state index contributed by atoms with van der Waals surface area (Å²) >= 11 is 0. The lowest BCUT2D eigenvalue weighted by atomic mass is 10.1. The molecule has 116 valence electrons. The van der Waals surface area contributed by atoms with Gasteiger partial charge in [-0.1, -0.05) is 6.07 Å². The van der Waals surface area contributed by atoms with Crippen LogP contribution in [0.3, 0.4) is 0 Å². The van der Waals surface area contributed by atoms with Gasteiger partial charge in [0.05, 0.1) is 17.6 Å². The minimum absolute atomic E-state index is 0.0566. The minimum atomic E-state index is -3.77. The number of rotatable bonds is 4. The third-order valence-electron chi connectivity index (χ3n) is 3.21. The summed E-state index contributed by atoms with van der Waals surface area (Å²) in [5.41, 5.74) is 2.10. The fraction of sp³-hybridized carbons (Fsp3) is 0.200. The van der Waals surface area contributed by atoms with E-state index in [-0.39, 0.29) is 16.3 Å². The van der Waals surface area contributed by atoms with Gasteiger partial charge in [0.2, 0.25) is 0 Å². The number of benzene rings is 1. The van der Waals surface area contributed by atoms with Crippen LogP contribution < -0.4 is 4.72 Å². The number of aromatic nitrogens is 1.